The summed E-state index contributed by atoms with van der Waals surface area (Å²) >= 11 is 0. The third kappa shape index (κ3) is 3.07. The van der Waals surface area contributed by atoms with Gasteiger partial charge in [-0.05, 0) is 68.4 Å². The molecule has 0 bridgehead atoms. The van der Waals surface area contributed by atoms with Crippen LogP contribution in [0.3, 0.4) is 0 Å². The van der Waals surface area contributed by atoms with Gasteiger partial charge in [-0.2, -0.15) is 0 Å². The Morgan fingerprint density at radius 1 is 1.00 bits per heavy atom. The van der Waals surface area contributed by atoms with E-state index in [-0.39, 0.29) is 5.63 Å². The molecule has 0 spiro atoms. The first-order valence-corrected chi connectivity index (χ1v) is 8.89. The highest BCUT2D eigenvalue weighted by atomic mass is 16.5. The highest BCUT2D eigenvalue weighted by Crippen LogP contribution is 2.29. The van der Waals surface area contributed by atoms with E-state index in [4.69, 9.17) is 9.15 Å². The summed E-state index contributed by atoms with van der Waals surface area (Å²) in [5.41, 5.74) is 6.08. The van der Waals surface area contributed by atoms with Crippen LogP contribution in [0.1, 0.15) is 40.7 Å². The van der Waals surface area contributed by atoms with E-state index in [0.717, 1.165) is 42.4 Å². The third-order valence-electron chi connectivity index (χ3n) is 5.09. The standard InChI is InChI=1S/C22H22O3/c1-14-7-8-15(2)16(11-14)13-24-17-9-10-19-18-5-3-4-6-20(18)22(23)25-21(19)12-17/h7-12H,3-6,13H2,1-2H3. The monoisotopic (exact) mass is 334 g/mol. The minimum Gasteiger partial charge on any atom is -0.489 e. The molecular formula is C22H22O3. The van der Waals surface area contributed by atoms with Crippen LogP contribution in [0, 0.1) is 13.8 Å². The molecular weight excluding hydrogens is 312 g/mol. The summed E-state index contributed by atoms with van der Waals surface area (Å²) in [6, 6.07) is 12.2. The van der Waals surface area contributed by atoms with Crippen molar-refractivity contribution >= 4 is 11.0 Å². The molecule has 128 valence electrons. The van der Waals surface area contributed by atoms with Crippen LogP contribution in [0.25, 0.3) is 11.0 Å². The Hall–Kier alpha value is -2.55. The Labute approximate surface area is 147 Å². The molecule has 0 N–H and O–H groups in total. The molecule has 0 saturated heterocycles. The predicted molar refractivity (Wildman–Crippen MR) is 99.4 cm³/mol. The lowest BCUT2D eigenvalue weighted by Gasteiger charge is -2.16. The number of ether oxygens (including phenoxy) is 1. The zero-order valence-corrected chi connectivity index (χ0v) is 14.7. The fourth-order valence-electron chi connectivity index (χ4n) is 3.63. The van der Waals surface area contributed by atoms with E-state index in [1.807, 2.05) is 18.2 Å². The molecule has 0 unspecified atom stereocenters. The van der Waals surface area contributed by atoms with Gasteiger partial charge in [0.15, 0.2) is 0 Å². The normalized spacial score (nSPS) is 13.7. The van der Waals surface area contributed by atoms with Gasteiger partial charge < -0.3 is 9.15 Å². The van der Waals surface area contributed by atoms with Gasteiger partial charge in [0.2, 0.25) is 0 Å². The van der Waals surface area contributed by atoms with Gasteiger partial charge in [0.05, 0.1) is 0 Å². The van der Waals surface area contributed by atoms with Gasteiger partial charge in [0.25, 0.3) is 0 Å². The number of aryl methyl sites for hydroxylation is 3. The molecule has 3 aromatic rings. The van der Waals surface area contributed by atoms with Crippen molar-refractivity contribution in [1.29, 1.82) is 0 Å². The van der Waals surface area contributed by atoms with Crippen molar-refractivity contribution < 1.29 is 9.15 Å². The molecule has 1 aromatic heterocycles. The van der Waals surface area contributed by atoms with Crippen molar-refractivity contribution in [2.24, 2.45) is 0 Å². The van der Waals surface area contributed by atoms with Crippen molar-refractivity contribution in [3.05, 3.63) is 74.6 Å². The molecule has 0 saturated carbocycles. The lowest BCUT2D eigenvalue weighted by atomic mass is 9.91. The second-order valence-electron chi connectivity index (χ2n) is 6.93. The first-order chi connectivity index (χ1) is 12.1. The summed E-state index contributed by atoms with van der Waals surface area (Å²) in [5, 5.41) is 1.05. The lowest BCUT2D eigenvalue weighted by molar-refractivity contribution is 0.305. The first-order valence-electron chi connectivity index (χ1n) is 8.89. The molecule has 4 rings (SSSR count). The van der Waals surface area contributed by atoms with Gasteiger partial charge in [0, 0.05) is 17.0 Å². The van der Waals surface area contributed by atoms with Crippen molar-refractivity contribution in [1.82, 2.24) is 0 Å². The van der Waals surface area contributed by atoms with E-state index in [9.17, 15) is 4.79 Å². The fraction of sp³-hybridized carbons (Fsp3) is 0.318. The third-order valence-corrected chi connectivity index (χ3v) is 5.09. The summed E-state index contributed by atoms with van der Waals surface area (Å²) in [5.74, 6) is 0.729. The topological polar surface area (TPSA) is 39.4 Å². The molecule has 1 heterocycles. The molecule has 3 nitrogen and oxygen atoms in total. The Kier molecular flexibility index (Phi) is 4.08. The maximum atomic E-state index is 12.2. The zero-order valence-electron chi connectivity index (χ0n) is 14.7. The van der Waals surface area contributed by atoms with E-state index in [1.165, 1.54) is 22.3 Å². The average Bonchev–Trinajstić information content (AvgIpc) is 2.62. The Balaban J connectivity index is 1.65. The molecule has 0 fully saturated rings. The molecule has 0 amide bonds. The smallest absolute Gasteiger partial charge is 0.339 e. The van der Waals surface area contributed by atoms with E-state index in [1.54, 1.807) is 0 Å². The quantitative estimate of drug-likeness (QED) is 0.642. The Morgan fingerprint density at radius 2 is 1.80 bits per heavy atom. The number of benzene rings is 2. The van der Waals surface area contributed by atoms with E-state index in [2.05, 4.69) is 32.0 Å². The van der Waals surface area contributed by atoms with Crippen LogP contribution >= 0.6 is 0 Å². The number of fused-ring (bicyclic) bond motifs is 3. The van der Waals surface area contributed by atoms with Crippen LogP contribution in [0.15, 0.2) is 45.6 Å². The summed E-state index contributed by atoms with van der Waals surface area (Å²) in [7, 11) is 0. The van der Waals surface area contributed by atoms with Gasteiger partial charge >= 0.3 is 5.63 Å². The van der Waals surface area contributed by atoms with Gasteiger partial charge in [-0.3, -0.25) is 0 Å². The van der Waals surface area contributed by atoms with Crippen molar-refractivity contribution in [2.45, 2.75) is 46.1 Å². The van der Waals surface area contributed by atoms with Gasteiger partial charge in [-0.25, -0.2) is 4.79 Å². The highest BCUT2D eigenvalue weighted by molar-refractivity contribution is 5.82. The molecule has 25 heavy (non-hydrogen) atoms. The van der Waals surface area contributed by atoms with Crippen LogP contribution in [0.4, 0.5) is 0 Å². The molecule has 3 heteroatoms. The highest BCUT2D eigenvalue weighted by Gasteiger charge is 2.18. The van der Waals surface area contributed by atoms with Crippen LogP contribution in [-0.4, -0.2) is 0 Å². The molecule has 1 aliphatic carbocycles. The zero-order chi connectivity index (χ0) is 17.4. The second-order valence-corrected chi connectivity index (χ2v) is 6.93. The minimum atomic E-state index is -0.186. The second kappa shape index (κ2) is 6.40. The maximum absolute atomic E-state index is 12.2. The van der Waals surface area contributed by atoms with E-state index in [0.29, 0.717) is 12.2 Å². The molecule has 1 aliphatic rings. The van der Waals surface area contributed by atoms with Gasteiger partial charge in [-0.15, -0.1) is 0 Å². The largest absolute Gasteiger partial charge is 0.489 e. The van der Waals surface area contributed by atoms with E-state index >= 15 is 0 Å². The van der Waals surface area contributed by atoms with Crippen molar-refractivity contribution in [3.63, 3.8) is 0 Å². The molecule has 0 radical (unpaired) electrons. The number of hydrogen-bond acceptors (Lipinski definition) is 3. The van der Waals surface area contributed by atoms with Gasteiger partial charge in [-0.1, -0.05) is 23.8 Å². The van der Waals surface area contributed by atoms with Crippen molar-refractivity contribution in [3.8, 4) is 5.75 Å². The molecule has 2 aromatic carbocycles. The SMILES string of the molecule is Cc1ccc(C)c(COc2ccc3c4c(c(=O)oc3c2)CCCC4)c1. The minimum absolute atomic E-state index is 0.186. The van der Waals surface area contributed by atoms with Crippen LogP contribution in [-0.2, 0) is 19.4 Å². The van der Waals surface area contributed by atoms with Crippen LogP contribution in [0.2, 0.25) is 0 Å². The Bertz CT molecular complexity index is 998. The van der Waals surface area contributed by atoms with Crippen LogP contribution in [0.5, 0.6) is 5.75 Å². The number of hydrogen-bond donors (Lipinski definition) is 0. The molecule has 0 atom stereocenters. The average molecular weight is 334 g/mol. The first kappa shape index (κ1) is 15.9. The van der Waals surface area contributed by atoms with Gasteiger partial charge in [0.1, 0.15) is 17.9 Å². The predicted octanol–water partition coefficient (Wildman–Crippen LogP) is 4.87. The van der Waals surface area contributed by atoms with Crippen molar-refractivity contribution in [2.75, 3.05) is 0 Å². The summed E-state index contributed by atoms with van der Waals surface area (Å²) in [6.07, 6.45) is 4.00. The fourth-order valence-corrected chi connectivity index (χ4v) is 3.63. The number of rotatable bonds is 3. The lowest BCUT2D eigenvalue weighted by Crippen LogP contribution is -2.15. The molecule has 0 aliphatic heterocycles. The summed E-state index contributed by atoms with van der Waals surface area (Å²) < 4.78 is 11.5. The summed E-state index contributed by atoms with van der Waals surface area (Å²) in [4.78, 5) is 12.2. The maximum Gasteiger partial charge on any atom is 0.339 e. The van der Waals surface area contributed by atoms with E-state index < -0.39 is 0 Å². The Morgan fingerprint density at radius 3 is 2.64 bits per heavy atom. The summed E-state index contributed by atoms with van der Waals surface area (Å²) in [6.45, 7) is 4.68. The van der Waals surface area contributed by atoms with Crippen LogP contribution < -0.4 is 10.4 Å².